The lowest BCUT2D eigenvalue weighted by Crippen LogP contribution is -2.27. The maximum Gasteiger partial charge on any atom is 0.0749 e. The molecular formula is C10H13NOS. The number of hydrogen-bond donors (Lipinski definition) is 2. The first-order valence-electron chi connectivity index (χ1n) is 4.17. The van der Waals surface area contributed by atoms with E-state index in [1.807, 2.05) is 30.3 Å². The van der Waals surface area contributed by atoms with Crippen LogP contribution in [0.5, 0.6) is 0 Å². The van der Waals surface area contributed by atoms with Gasteiger partial charge in [0.25, 0.3) is 0 Å². The largest absolute Gasteiger partial charge is 0.394 e. The minimum atomic E-state index is -0.0845. The van der Waals surface area contributed by atoms with E-state index < -0.39 is 0 Å². The van der Waals surface area contributed by atoms with Gasteiger partial charge in [0.15, 0.2) is 0 Å². The van der Waals surface area contributed by atoms with Crippen molar-refractivity contribution >= 4 is 17.2 Å². The summed E-state index contributed by atoms with van der Waals surface area (Å²) in [7, 11) is 0. The minimum absolute atomic E-state index is 0.0536. The normalized spacial score (nSPS) is 12.2. The van der Waals surface area contributed by atoms with Crippen molar-refractivity contribution in [3.05, 3.63) is 35.9 Å². The standard InChI is InChI=1S/C10H13NOS/c1-8(13)11-10(7-12)9-5-3-2-4-6-9/h2-6,10,12H,7H2,1H3,(H,11,13)/t10-/m0/s1. The van der Waals surface area contributed by atoms with Gasteiger partial charge in [0, 0.05) is 0 Å². The fraction of sp³-hybridized carbons (Fsp3) is 0.300. The van der Waals surface area contributed by atoms with Crippen molar-refractivity contribution in [3.8, 4) is 0 Å². The van der Waals surface area contributed by atoms with Crippen molar-refractivity contribution in [2.45, 2.75) is 13.0 Å². The number of rotatable bonds is 3. The van der Waals surface area contributed by atoms with E-state index in [9.17, 15) is 0 Å². The predicted octanol–water partition coefficient (Wildman–Crippen LogP) is 1.66. The average Bonchev–Trinajstić information content (AvgIpc) is 2.15. The van der Waals surface area contributed by atoms with Crippen molar-refractivity contribution in [1.82, 2.24) is 5.32 Å². The number of benzene rings is 1. The Morgan fingerprint density at radius 3 is 2.54 bits per heavy atom. The summed E-state index contributed by atoms with van der Waals surface area (Å²) in [5.41, 5.74) is 1.05. The topological polar surface area (TPSA) is 32.3 Å². The monoisotopic (exact) mass is 195 g/mol. The Morgan fingerprint density at radius 2 is 2.08 bits per heavy atom. The maximum absolute atomic E-state index is 9.11. The lowest BCUT2D eigenvalue weighted by Gasteiger charge is -2.16. The molecule has 3 heteroatoms. The van der Waals surface area contributed by atoms with Crippen molar-refractivity contribution in [3.63, 3.8) is 0 Å². The Kier molecular flexibility index (Phi) is 3.86. The summed E-state index contributed by atoms with van der Waals surface area (Å²) in [6.45, 7) is 1.86. The summed E-state index contributed by atoms with van der Waals surface area (Å²) in [5, 5.41) is 12.1. The van der Waals surface area contributed by atoms with Crippen LogP contribution in [0, 0.1) is 0 Å². The van der Waals surface area contributed by atoms with E-state index in [1.165, 1.54) is 0 Å². The molecule has 0 bridgehead atoms. The summed E-state index contributed by atoms with van der Waals surface area (Å²) in [5.74, 6) is 0. The third-order valence-electron chi connectivity index (χ3n) is 1.76. The van der Waals surface area contributed by atoms with Crippen LogP contribution >= 0.6 is 12.2 Å². The number of thiocarbonyl (C=S) groups is 1. The van der Waals surface area contributed by atoms with Gasteiger partial charge in [-0.05, 0) is 12.5 Å². The molecular weight excluding hydrogens is 182 g/mol. The molecule has 0 unspecified atom stereocenters. The van der Waals surface area contributed by atoms with Crippen molar-refractivity contribution in [2.75, 3.05) is 6.61 Å². The van der Waals surface area contributed by atoms with Gasteiger partial charge in [-0.15, -0.1) is 0 Å². The Labute approximate surface area is 83.6 Å². The maximum atomic E-state index is 9.11. The molecule has 1 rings (SSSR count). The SMILES string of the molecule is CC(=S)N[C@@H](CO)c1ccccc1. The highest BCUT2D eigenvalue weighted by Gasteiger charge is 2.08. The van der Waals surface area contributed by atoms with Gasteiger partial charge in [-0.2, -0.15) is 0 Å². The molecule has 0 spiro atoms. The second-order valence-electron chi connectivity index (χ2n) is 2.85. The molecule has 2 nitrogen and oxygen atoms in total. The minimum Gasteiger partial charge on any atom is -0.394 e. The van der Waals surface area contributed by atoms with Crippen LogP contribution in [0.15, 0.2) is 30.3 Å². The second-order valence-corrected chi connectivity index (χ2v) is 3.46. The van der Waals surface area contributed by atoms with Crippen LogP contribution in [0.25, 0.3) is 0 Å². The van der Waals surface area contributed by atoms with Crippen LogP contribution in [-0.2, 0) is 0 Å². The molecule has 0 saturated carbocycles. The molecule has 13 heavy (non-hydrogen) atoms. The Balaban J connectivity index is 2.73. The van der Waals surface area contributed by atoms with E-state index in [1.54, 1.807) is 6.92 Å². The summed E-state index contributed by atoms with van der Waals surface area (Å²) >= 11 is 4.92. The van der Waals surface area contributed by atoms with E-state index in [4.69, 9.17) is 17.3 Å². The summed E-state index contributed by atoms with van der Waals surface area (Å²) < 4.78 is 0. The lowest BCUT2D eigenvalue weighted by molar-refractivity contribution is 0.258. The van der Waals surface area contributed by atoms with Crippen LogP contribution in [-0.4, -0.2) is 16.7 Å². The zero-order chi connectivity index (χ0) is 9.68. The fourth-order valence-corrected chi connectivity index (χ4v) is 1.31. The van der Waals surface area contributed by atoms with Gasteiger partial charge in [0.05, 0.1) is 17.6 Å². The molecule has 1 aromatic rings. The van der Waals surface area contributed by atoms with Gasteiger partial charge in [-0.25, -0.2) is 0 Å². The Hall–Kier alpha value is -0.930. The molecule has 0 aromatic heterocycles. The summed E-state index contributed by atoms with van der Waals surface area (Å²) in [4.78, 5) is 0.697. The van der Waals surface area contributed by atoms with Gasteiger partial charge < -0.3 is 10.4 Å². The first-order chi connectivity index (χ1) is 6.24. The van der Waals surface area contributed by atoms with Crippen LogP contribution in [0.4, 0.5) is 0 Å². The molecule has 0 aliphatic carbocycles. The molecule has 0 aliphatic heterocycles. The zero-order valence-corrected chi connectivity index (χ0v) is 8.34. The van der Waals surface area contributed by atoms with Crippen LogP contribution < -0.4 is 5.32 Å². The third-order valence-corrected chi connectivity index (χ3v) is 1.88. The quantitative estimate of drug-likeness (QED) is 0.719. The van der Waals surface area contributed by atoms with Gasteiger partial charge >= 0.3 is 0 Å². The van der Waals surface area contributed by atoms with Crippen LogP contribution in [0.3, 0.4) is 0 Å². The van der Waals surface area contributed by atoms with Crippen molar-refractivity contribution in [2.24, 2.45) is 0 Å². The van der Waals surface area contributed by atoms with Gasteiger partial charge in [0.2, 0.25) is 0 Å². The number of aliphatic hydroxyl groups excluding tert-OH is 1. The molecule has 0 radical (unpaired) electrons. The Bertz CT molecular complexity index is 274. The number of nitrogens with one attached hydrogen (secondary N) is 1. The predicted molar refractivity (Wildman–Crippen MR) is 57.7 cm³/mol. The Morgan fingerprint density at radius 1 is 1.46 bits per heavy atom. The van der Waals surface area contributed by atoms with Gasteiger partial charge in [-0.3, -0.25) is 0 Å². The van der Waals surface area contributed by atoms with Crippen molar-refractivity contribution in [1.29, 1.82) is 0 Å². The summed E-state index contributed by atoms with van der Waals surface area (Å²) in [6.07, 6.45) is 0. The second kappa shape index (κ2) is 4.94. The molecule has 1 atom stereocenters. The fourth-order valence-electron chi connectivity index (χ4n) is 1.17. The molecule has 0 heterocycles. The molecule has 2 N–H and O–H groups in total. The molecule has 1 aromatic carbocycles. The van der Waals surface area contributed by atoms with E-state index in [0.717, 1.165) is 5.56 Å². The highest BCUT2D eigenvalue weighted by molar-refractivity contribution is 7.80. The molecule has 0 fully saturated rings. The van der Waals surface area contributed by atoms with E-state index in [-0.39, 0.29) is 12.6 Å². The number of hydrogen-bond acceptors (Lipinski definition) is 2. The lowest BCUT2D eigenvalue weighted by atomic mass is 10.1. The molecule has 0 amide bonds. The average molecular weight is 195 g/mol. The number of aliphatic hydroxyl groups is 1. The van der Waals surface area contributed by atoms with E-state index in [0.29, 0.717) is 4.99 Å². The summed E-state index contributed by atoms with van der Waals surface area (Å²) in [6, 6.07) is 9.68. The molecule has 0 aliphatic rings. The highest BCUT2D eigenvalue weighted by Crippen LogP contribution is 2.11. The van der Waals surface area contributed by atoms with Crippen molar-refractivity contribution < 1.29 is 5.11 Å². The van der Waals surface area contributed by atoms with Crippen LogP contribution in [0.2, 0.25) is 0 Å². The third kappa shape index (κ3) is 3.13. The first-order valence-corrected chi connectivity index (χ1v) is 4.57. The first kappa shape index (κ1) is 10.2. The van der Waals surface area contributed by atoms with E-state index >= 15 is 0 Å². The highest BCUT2D eigenvalue weighted by atomic mass is 32.1. The van der Waals surface area contributed by atoms with Crippen LogP contribution in [0.1, 0.15) is 18.5 Å². The zero-order valence-electron chi connectivity index (χ0n) is 7.53. The molecule has 0 saturated heterocycles. The molecule has 70 valence electrons. The van der Waals surface area contributed by atoms with Gasteiger partial charge in [-0.1, -0.05) is 42.5 Å². The van der Waals surface area contributed by atoms with E-state index in [2.05, 4.69) is 5.32 Å². The smallest absolute Gasteiger partial charge is 0.0749 e. The van der Waals surface area contributed by atoms with Gasteiger partial charge in [0.1, 0.15) is 0 Å².